The van der Waals surface area contributed by atoms with Crippen LogP contribution in [-0.4, -0.2) is 30.1 Å². The molecule has 0 spiro atoms. The van der Waals surface area contributed by atoms with Gasteiger partial charge in [-0.1, -0.05) is 121 Å². The van der Waals surface area contributed by atoms with Gasteiger partial charge in [-0.3, -0.25) is 0 Å². The molecule has 1 aliphatic rings. The van der Waals surface area contributed by atoms with E-state index in [9.17, 15) is 0 Å². The first kappa shape index (κ1) is 23.0. The van der Waals surface area contributed by atoms with E-state index >= 15 is 0 Å². The van der Waals surface area contributed by atoms with Crippen LogP contribution in [0, 0.1) is 0 Å². The summed E-state index contributed by atoms with van der Waals surface area (Å²) in [7, 11) is -2.23. The Labute approximate surface area is 204 Å². The Bertz CT molecular complexity index is 1120. The Hall–Kier alpha value is -2.81. The van der Waals surface area contributed by atoms with Gasteiger partial charge in [-0.25, -0.2) is 0 Å². The van der Waals surface area contributed by atoms with Crippen LogP contribution >= 0.6 is 0 Å². The van der Waals surface area contributed by atoms with Crippen molar-refractivity contribution in [2.45, 2.75) is 18.1 Å². The van der Waals surface area contributed by atoms with Crippen molar-refractivity contribution in [1.29, 1.82) is 0 Å². The number of benzene rings is 4. The van der Waals surface area contributed by atoms with E-state index in [-0.39, 0.29) is 0 Å². The van der Waals surface area contributed by atoms with E-state index in [0.717, 1.165) is 12.5 Å². The Morgan fingerprint density at radius 2 is 0.971 bits per heavy atom. The molecule has 172 valence electrons. The third-order valence-corrected chi connectivity index (χ3v) is 20.6. The normalized spacial score (nSPS) is 18.3. The lowest BCUT2D eigenvalue weighted by Crippen LogP contribution is -2.83. The van der Waals surface area contributed by atoms with E-state index in [1.165, 1.54) is 21.5 Å². The predicted molar refractivity (Wildman–Crippen MR) is 142 cm³/mol. The second-order valence-electron chi connectivity index (χ2n) is 8.74. The van der Waals surface area contributed by atoms with Crippen molar-refractivity contribution < 1.29 is 13.3 Å². The Morgan fingerprint density at radius 3 is 1.35 bits per heavy atom. The minimum atomic E-state index is -3.02. The highest BCUT2D eigenvalue weighted by Gasteiger charge is 2.69. The maximum atomic E-state index is 7.75. The fourth-order valence-corrected chi connectivity index (χ4v) is 19.3. The minimum absolute atomic E-state index is 0.603. The first-order valence-corrected chi connectivity index (χ1v) is 16.7. The second-order valence-corrected chi connectivity index (χ2v) is 18.7. The van der Waals surface area contributed by atoms with Crippen LogP contribution < -0.4 is 10.4 Å². The molecular formula is C29H30O3Si2. The summed E-state index contributed by atoms with van der Waals surface area (Å²) in [4.78, 5) is 0. The molecule has 0 amide bonds. The van der Waals surface area contributed by atoms with Crippen molar-refractivity contribution in [3.05, 3.63) is 132 Å². The molecule has 0 unspecified atom stereocenters. The largest absolute Gasteiger partial charge is 0.398 e. The molecule has 0 radical (unpaired) electrons. The first-order chi connectivity index (χ1) is 16.7. The minimum Gasteiger partial charge on any atom is -0.398 e. The molecule has 5 heteroatoms. The van der Waals surface area contributed by atoms with Gasteiger partial charge in [-0.2, -0.15) is 0 Å². The molecule has 4 aromatic rings. The van der Waals surface area contributed by atoms with E-state index in [1.54, 1.807) is 0 Å². The number of hydrogen-bond donors (Lipinski definition) is 0. The summed E-state index contributed by atoms with van der Waals surface area (Å²) in [6, 6.07) is 43.4. The van der Waals surface area contributed by atoms with E-state index in [1.807, 2.05) is 14.2 Å². The molecule has 0 bridgehead atoms. The molecule has 0 aromatic heterocycles. The Kier molecular flexibility index (Phi) is 6.38. The first-order valence-electron chi connectivity index (χ1n) is 11.7. The van der Waals surface area contributed by atoms with Crippen molar-refractivity contribution in [3.63, 3.8) is 0 Å². The van der Waals surface area contributed by atoms with Gasteiger partial charge in [0.1, 0.15) is 5.60 Å². The van der Waals surface area contributed by atoms with Gasteiger partial charge in [0, 0.05) is 14.2 Å². The molecule has 1 aliphatic heterocycles. The van der Waals surface area contributed by atoms with Crippen LogP contribution in [0.4, 0.5) is 0 Å². The molecule has 0 N–H and O–H groups in total. The van der Waals surface area contributed by atoms with Gasteiger partial charge < -0.3 is 13.3 Å². The molecule has 0 saturated carbocycles. The van der Waals surface area contributed by atoms with Gasteiger partial charge in [0.15, 0.2) is 0 Å². The van der Waals surface area contributed by atoms with E-state index < -0.39 is 21.5 Å². The van der Waals surface area contributed by atoms with Crippen LogP contribution in [0.1, 0.15) is 17.5 Å². The van der Waals surface area contributed by atoms with Crippen LogP contribution in [0.25, 0.3) is 0 Å². The molecule has 5 rings (SSSR count). The smallest absolute Gasteiger partial charge is 0.360 e. The molecule has 0 atom stereocenters. The highest BCUT2D eigenvalue weighted by atomic mass is 29.3. The Balaban J connectivity index is 1.85. The zero-order chi connectivity index (χ0) is 23.5. The predicted octanol–water partition coefficient (Wildman–Crippen LogP) is 4.92. The summed E-state index contributed by atoms with van der Waals surface area (Å²) in [5.41, 5.74) is 1.73. The lowest BCUT2D eigenvalue weighted by molar-refractivity contribution is 0.0807. The third-order valence-electron chi connectivity index (χ3n) is 7.17. The van der Waals surface area contributed by atoms with Gasteiger partial charge in [-0.05, 0) is 34.0 Å². The number of hydrogen-bond acceptors (Lipinski definition) is 3. The summed E-state index contributed by atoms with van der Waals surface area (Å²) < 4.78 is 20.7. The van der Waals surface area contributed by atoms with Crippen molar-refractivity contribution in [2.75, 3.05) is 14.2 Å². The van der Waals surface area contributed by atoms with Gasteiger partial charge in [0.25, 0.3) is 0 Å². The molecule has 4 aromatic carbocycles. The zero-order valence-electron chi connectivity index (χ0n) is 19.7. The van der Waals surface area contributed by atoms with Gasteiger partial charge in [-0.15, -0.1) is 0 Å². The molecule has 1 saturated heterocycles. The quantitative estimate of drug-likeness (QED) is 0.365. The fraction of sp³-hybridized carbons (Fsp3) is 0.172. The highest BCUT2D eigenvalue weighted by molar-refractivity contribution is 7.45. The lowest BCUT2D eigenvalue weighted by Gasteiger charge is -2.54. The van der Waals surface area contributed by atoms with Crippen molar-refractivity contribution >= 4 is 26.3 Å². The zero-order valence-corrected chi connectivity index (χ0v) is 21.7. The standard InChI is InChI=1S/C29H30O3Si2/c1-30-33(31-2)24-23-29(25-15-7-3-8-16-25,26-17-9-4-10-18-26)32-34(33,27-19-11-5-12-20-27)28-21-13-6-14-22-28/h3-22H,23-24H2,1-2H3. The third kappa shape index (κ3) is 3.52. The van der Waals surface area contributed by atoms with Gasteiger partial charge >= 0.3 is 15.9 Å². The fourth-order valence-electron chi connectivity index (χ4n) is 5.54. The van der Waals surface area contributed by atoms with Crippen LogP contribution in [0.15, 0.2) is 121 Å². The van der Waals surface area contributed by atoms with E-state index in [4.69, 9.17) is 13.3 Å². The van der Waals surface area contributed by atoms with Crippen LogP contribution in [0.3, 0.4) is 0 Å². The Morgan fingerprint density at radius 1 is 0.588 bits per heavy atom. The SMILES string of the molecule is CO[Si]1(OC)CCC(c2ccccc2)(c2ccccc2)O[Si]1(c1ccccc1)c1ccccc1. The van der Waals surface area contributed by atoms with Crippen molar-refractivity contribution in [3.8, 4) is 0 Å². The molecule has 1 heterocycles. The molecule has 3 nitrogen and oxygen atoms in total. The number of rotatable bonds is 6. The van der Waals surface area contributed by atoms with Crippen molar-refractivity contribution in [2.24, 2.45) is 0 Å². The van der Waals surface area contributed by atoms with E-state index in [2.05, 4.69) is 121 Å². The van der Waals surface area contributed by atoms with Crippen LogP contribution in [0.2, 0.25) is 6.04 Å². The maximum Gasteiger partial charge on any atom is 0.360 e. The summed E-state index contributed by atoms with van der Waals surface area (Å²) in [6.45, 7) is 0. The lowest BCUT2D eigenvalue weighted by atomic mass is 9.84. The molecular weight excluding hydrogens is 452 g/mol. The molecule has 1 fully saturated rings. The highest BCUT2D eigenvalue weighted by Crippen LogP contribution is 2.48. The summed E-state index contributed by atoms with van der Waals surface area (Å²) in [5, 5.41) is 2.38. The van der Waals surface area contributed by atoms with Crippen LogP contribution in [0.5, 0.6) is 0 Å². The average molecular weight is 483 g/mol. The van der Waals surface area contributed by atoms with Crippen LogP contribution in [-0.2, 0) is 18.9 Å². The molecule has 34 heavy (non-hydrogen) atoms. The summed E-state index contributed by atoms with van der Waals surface area (Å²) in [5.74, 6) is 0. The molecule has 0 aliphatic carbocycles. The second kappa shape index (κ2) is 9.45. The van der Waals surface area contributed by atoms with Gasteiger partial charge in [0.05, 0.1) is 0 Å². The van der Waals surface area contributed by atoms with E-state index in [0.29, 0.717) is 0 Å². The van der Waals surface area contributed by atoms with Gasteiger partial charge in [0.2, 0.25) is 0 Å². The summed E-state index contributed by atoms with van der Waals surface area (Å²) >= 11 is 0. The van der Waals surface area contributed by atoms with Crippen molar-refractivity contribution in [1.82, 2.24) is 0 Å². The summed E-state index contributed by atoms with van der Waals surface area (Å²) in [6.07, 6.45) is 0.795. The maximum absolute atomic E-state index is 7.75. The topological polar surface area (TPSA) is 27.7 Å². The monoisotopic (exact) mass is 482 g/mol. The average Bonchev–Trinajstić information content (AvgIpc) is 2.94.